The van der Waals surface area contributed by atoms with E-state index in [4.69, 9.17) is 9.57 Å². The Morgan fingerprint density at radius 2 is 1.55 bits per heavy atom. The summed E-state index contributed by atoms with van der Waals surface area (Å²) >= 11 is 0. The summed E-state index contributed by atoms with van der Waals surface area (Å²) in [7, 11) is 0. The minimum Gasteiger partial charge on any atom is -0.466 e. The van der Waals surface area contributed by atoms with Gasteiger partial charge in [-0.3, -0.25) is 25.0 Å². The summed E-state index contributed by atoms with van der Waals surface area (Å²) in [5.41, 5.74) is 0.655. The molecule has 2 aromatic carbocycles. The van der Waals surface area contributed by atoms with E-state index < -0.39 is 21.8 Å². The van der Waals surface area contributed by atoms with Gasteiger partial charge in [0.25, 0.3) is 11.4 Å². The molecular weight excluding hydrogens is 410 g/mol. The van der Waals surface area contributed by atoms with Crippen LogP contribution in [0.1, 0.15) is 24.5 Å². The van der Waals surface area contributed by atoms with E-state index in [9.17, 15) is 29.8 Å². The second kappa shape index (κ2) is 8.95. The molecule has 0 spiro atoms. The number of non-ortho nitro benzene ring substituents is 2. The lowest BCUT2D eigenvalue weighted by atomic mass is 9.91. The van der Waals surface area contributed by atoms with Crippen molar-refractivity contribution >= 4 is 34.6 Å². The quantitative estimate of drug-likeness (QED) is 0.216. The van der Waals surface area contributed by atoms with Crippen LogP contribution in [0.3, 0.4) is 0 Å². The van der Waals surface area contributed by atoms with Crippen molar-refractivity contribution < 1.29 is 29.0 Å². The molecule has 0 radical (unpaired) electrons. The predicted molar refractivity (Wildman–Crippen MR) is 107 cm³/mol. The monoisotopic (exact) mass is 425 g/mol. The summed E-state index contributed by atoms with van der Waals surface area (Å²) in [4.78, 5) is 50.2. The first-order chi connectivity index (χ1) is 14.8. The minimum atomic E-state index is -0.828. The molecule has 0 fully saturated rings. The molecular formula is C20H15N3O8. The van der Waals surface area contributed by atoms with Gasteiger partial charge in [0.2, 0.25) is 0 Å². The zero-order valence-corrected chi connectivity index (χ0v) is 16.1. The fourth-order valence-electron chi connectivity index (χ4n) is 2.95. The molecule has 0 N–H and O–H groups in total. The molecule has 1 heterocycles. The molecule has 0 bridgehead atoms. The zero-order chi connectivity index (χ0) is 22.5. The number of oxime groups is 1. The third-order valence-corrected chi connectivity index (χ3v) is 4.37. The maximum absolute atomic E-state index is 12.5. The van der Waals surface area contributed by atoms with Gasteiger partial charge in [-0.2, -0.15) is 0 Å². The van der Waals surface area contributed by atoms with Gasteiger partial charge in [0.15, 0.2) is 0 Å². The Labute approximate surface area is 174 Å². The van der Waals surface area contributed by atoms with Crippen LogP contribution < -0.4 is 0 Å². The zero-order valence-electron chi connectivity index (χ0n) is 16.1. The van der Waals surface area contributed by atoms with Gasteiger partial charge < -0.3 is 9.57 Å². The summed E-state index contributed by atoms with van der Waals surface area (Å²) in [5, 5.41) is 25.6. The van der Waals surface area contributed by atoms with E-state index in [-0.39, 0.29) is 41.3 Å². The molecule has 11 heteroatoms. The fourth-order valence-corrected chi connectivity index (χ4v) is 2.95. The summed E-state index contributed by atoms with van der Waals surface area (Å²) in [6.07, 6.45) is -0.317. The average Bonchev–Trinajstić information content (AvgIpc) is 3.13. The van der Waals surface area contributed by atoms with Crippen molar-refractivity contribution in [3.63, 3.8) is 0 Å². The molecule has 0 aliphatic carbocycles. The number of esters is 1. The SMILES string of the molecule is CCOC(=O)C/C(=C1\C(=O)ON=C1c1ccc([N+](=O)[O-])cc1)c1ccc([N+](=O)[O-])cc1. The Kier molecular flexibility index (Phi) is 6.15. The van der Waals surface area contributed by atoms with Gasteiger partial charge in [-0.05, 0) is 42.3 Å². The fraction of sp³-hybridized carbons (Fsp3) is 0.150. The number of ether oxygens (including phenoxy) is 1. The third-order valence-electron chi connectivity index (χ3n) is 4.37. The van der Waals surface area contributed by atoms with Gasteiger partial charge in [0.1, 0.15) is 5.71 Å². The number of nitro groups is 2. The van der Waals surface area contributed by atoms with Crippen LogP contribution in [-0.2, 0) is 19.2 Å². The largest absolute Gasteiger partial charge is 0.466 e. The first-order valence-corrected chi connectivity index (χ1v) is 9.00. The number of hydrogen-bond donors (Lipinski definition) is 0. The molecule has 0 aromatic heterocycles. The lowest BCUT2D eigenvalue weighted by Gasteiger charge is -2.11. The highest BCUT2D eigenvalue weighted by atomic mass is 16.7. The highest BCUT2D eigenvalue weighted by Crippen LogP contribution is 2.31. The van der Waals surface area contributed by atoms with Crippen molar-refractivity contribution in [1.29, 1.82) is 0 Å². The number of nitrogens with zero attached hydrogens (tertiary/aromatic N) is 3. The second-order valence-corrected chi connectivity index (χ2v) is 6.26. The molecule has 0 amide bonds. The molecule has 0 saturated carbocycles. The molecule has 158 valence electrons. The lowest BCUT2D eigenvalue weighted by Crippen LogP contribution is -2.14. The van der Waals surface area contributed by atoms with Gasteiger partial charge in [-0.25, -0.2) is 4.79 Å². The Morgan fingerprint density at radius 3 is 2.06 bits per heavy atom. The topological polar surface area (TPSA) is 151 Å². The molecule has 3 rings (SSSR count). The smallest absolute Gasteiger partial charge is 0.368 e. The van der Waals surface area contributed by atoms with E-state index in [1.54, 1.807) is 6.92 Å². The third kappa shape index (κ3) is 4.61. The first-order valence-electron chi connectivity index (χ1n) is 9.00. The second-order valence-electron chi connectivity index (χ2n) is 6.26. The molecule has 0 atom stereocenters. The number of hydrogen-bond acceptors (Lipinski definition) is 9. The summed E-state index contributed by atoms with van der Waals surface area (Å²) in [6, 6.07) is 10.6. The first kappa shape index (κ1) is 21.3. The highest BCUT2D eigenvalue weighted by Gasteiger charge is 2.32. The van der Waals surface area contributed by atoms with E-state index in [1.807, 2.05) is 0 Å². The van der Waals surface area contributed by atoms with Crippen molar-refractivity contribution in [3.8, 4) is 0 Å². The van der Waals surface area contributed by atoms with Gasteiger partial charge >= 0.3 is 11.9 Å². The van der Waals surface area contributed by atoms with Crippen LogP contribution in [0.5, 0.6) is 0 Å². The number of benzene rings is 2. The van der Waals surface area contributed by atoms with Crippen LogP contribution in [0.15, 0.2) is 59.3 Å². The predicted octanol–water partition coefficient (Wildman–Crippen LogP) is 3.17. The Balaban J connectivity index is 2.12. The van der Waals surface area contributed by atoms with Gasteiger partial charge in [-0.15, -0.1) is 0 Å². The molecule has 31 heavy (non-hydrogen) atoms. The van der Waals surface area contributed by atoms with E-state index in [0.29, 0.717) is 11.1 Å². The van der Waals surface area contributed by atoms with E-state index in [2.05, 4.69) is 5.16 Å². The van der Waals surface area contributed by atoms with Crippen molar-refractivity contribution in [2.45, 2.75) is 13.3 Å². The Morgan fingerprint density at radius 1 is 1.00 bits per heavy atom. The van der Waals surface area contributed by atoms with Crippen molar-refractivity contribution in [2.24, 2.45) is 5.16 Å². The number of rotatable bonds is 7. The van der Waals surface area contributed by atoms with E-state index in [0.717, 1.165) is 0 Å². The maximum atomic E-state index is 12.5. The van der Waals surface area contributed by atoms with Crippen LogP contribution in [0.2, 0.25) is 0 Å². The van der Waals surface area contributed by atoms with E-state index >= 15 is 0 Å². The molecule has 0 saturated heterocycles. The Bertz CT molecular complexity index is 1120. The number of nitro benzene ring substituents is 2. The van der Waals surface area contributed by atoms with Gasteiger partial charge in [0, 0.05) is 29.8 Å². The molecule has 0 unspecified atom stereocenters. The normalized spacial score (nSPS) is 14.5. The van der Waals surface area contributed by atoms with Crippen LogP contribution in [0, 0.1) is 20.2 Å². The van der Waals surface area contributed by atoms with E-state index in [1.165, 1.54) is 48.5 Å². The van der Waals surface area contributed by atoms with Crippen LogP contribution in [-0.4, -0.2) is 34.1 Å². The van der Waals surface area contributed by atoms with Crippen LogP contribution >= 0.6 is 0 Å². The molecule has 11 nitrogen and oxygen atoms in total. The highest BCUT2D eigenvalue weighted by molar-refractivity contribution is 6.33. The summed E-state index contributed by atoms with van der Waals surface area (Å²) in [6.45, 7) is 1.75. The number of carbonyl (C=O) groups is 2. The van der Waals surface area contributed by atoms with Crippen molar-refractivity contribution in [2.75, 3.05) is 6.61 Å². The molecule has 1 aliphatic rings. The van der Waals surface area contributed by atoms with Gasteiger partial charge in [-0.1, -0.05) is 5.16 Å². The summed E-state index contributed by atoms with van der Waals surface area (Å²) < 4.78 is 4.99. The molecule has 2 aromatic rings. The lowest BCUT2D eigenvalue weighted by molar-refractivity contribution is -0.385. The maximum Gasteiger partial charge on any atom is 0.368 e. The van der Waals surface area contributed by atoms with Gasteiger partial charge in [0.05, 0.1) is 28.4 Å². The Hall–Kier alpha value is -4.41. The molecule has 1 aliphatic heterocycles. The van der Waals surface area contributed by atoms with Crippen molar-refractivity contribution in [1.82, 2.24) is 0 Å². The minimum absolute atomic E-state index is 0.0317. The number of carbonyl (C=O) groups excluding carboxylic acids is 2. The van der Waals surface area contributed by atoms with Crippen LogP contribution in [0.4, 0.5) is 11.4 Å². The summed E-state index contributed by atoms with van der Waals surface area (Å²) in [5.74, 6) is -1.45. The average molecular weight is 425 g/mol. The van der Waals surface area contributed by atoms with Crippen molar-refractivity contribution in [3.05, 3.63) is 85.5 Å². The standard InChI is InChI=1S/C20H15N3O8/c1-2-30-17(24)11-16(12-3-7-14(8-4-12)22(26)27)18-19(21-31-20(18)25)13-5-9-15(10-6-13)23(28)29/h3-10H,2,11H2,1H3/b18-16+. The van der Waals surface area contributed by atoms with Crippen LogP contribution in [0.25, 0.3) is 5.57 Å².